The maximum Gasteiger partial charge on any atom is 0.295 e. The molecule has 0 saturated heterocycles. The highest BCUT2D eigenvalue weighted by atomic mass is 32.2. The van der Waals surface area contributed by atoms with Crippen LogP contribution in [-0.4, -0.2) is 76.9 Å². The number of hydrogen-bond acceptors (Lipinski definition) is 14. The largest absolute Gasteiger partial charge is 0.322 e. The molecule has 20 nitrogen and oxygen atoms in total. The molecule has 54 heavy (non-hydrogen) atoms. The summed E-state index contributed by atoms with van der Waals surface area (Å²) in [7, 11) is -18.2. The van der Waals surface area contributed by atoms with Gasteiger partial charge in [0, 0.05) is 47.1 Å². The summed E-state index contributed by atoms with van der Waals surface area (Å²) in [6.07, 6.45) is 3.47. The van der Waals surface area contributed by atoms with Crippen LogP contribution >= 0.6 is 0 Å². The Morgan fingerprint density at radius 1 is 0.556 bits per heavy atom. The van der Waals surface area contributed by atoms with Crippen molar-refractivity contribution in [2.75, 3.05) is 23.1 Å². The molecule has 0 aliphatic carbocycles. The third kappa shape index (κ3) is 9.54. The molecule has 0 spiro atoms. The second kappa shape index (κ2) is 14.8. The van der Waals surface area contributed by atoms with Crippen molar-refractivity contribution in [3.05, 3.63) is 115 Å². The van der Waals surface area contributed by atoms with Gasteiger partial charge in [-0.3, -0.25) is 38.9 Å². The van der Waals surface area contributed by atoms with Gasteiger partial charge in [-0.15, -0.1) is 0 Å². The smallest absolute Gasteiger partial charge is 0.295 e. The molecule has 0 aliphatic rings. The van der Waals surface area contributed by atoms with Gasteiger partial charge < -0.3 is 10.6 Å². The molecule has 0 aromatic heterocycles. The number of carbonyl (C=O) groups excluding carboxylic acids is 2. The van der Waals surface area contributed by atoms with Gasteiger partial charge >= 0.3 is 0 Å². The summed E-state index contributed by atoms with van der Waals surface area (Å²) in [4.78, 5) is 43.6. The second-order valence-electron chi connectivity index (χ2n) is 11.1. The zero-order valence-electron chi connectivity index (χ0n) is 27.2. The highest BCUT2D eigenvalue weighted by Crippen LogP contribution is 2.29. The van der Waals surface area contributed by atoms with Crippen LogP contribution in [0.1, 0.15) is 31.8 Å². The number of benzene rings is 4. The molecule has 0 bridgehead atoms. The minimum Gasteiger partial charge on any atom is -0.322 e. The fraction of sp³-hybridized carbons (Fsp3) is 0.0667. The average molecular weight is 825 g/mol. The van der Waals surface area contributed by atoms with Crippen LogP contribution < -0.4 is 10.6 Å². The predicted molar refractivity (Wildman–Crippen MR) is 190 cm³/mol. The molecule has 0 heterocycles. The zero-order valence-corrected chi connectivity index (χ0v) is 30.5. The lowest BCUT2D eigenvalue weighted by Gasteiger charge is -2.11. The second-order valence-corrected chi connectivity index (χ2v) is 17.9. The molecular weight excluding hydrogens is 801 g/mol. The summed E-state index contributed by atoms with van der Waals surface area (Å²) in [5.74, 6) is -2.06. The zero-order chi connectivity index (χ0) is 40.6. The number of amides is 2. The van der Waals surface area contributed by atoms with Crippen molar-refractivity contribution in [3.8, 4) is 0 Å². The molecule has 4 aromatic rings. The summed E-state index contributed by atoms with van der Waals surface area (Å²) in [5.41, 5.74) is -3.61. The van der Waals surface area contributed by atoms with Gasteiger partial charge in [-0.1, -0.05) is 24.3 Å². The maximum absolute atomic E-state index is 12.8. The number of nitrogens with one attached hydrogen (secondary N) is 2. The van der Waals surface area contributed by atoms with Crippen LogP contribution in [0.15, 0.2) is 92.4 Å². The maximum atomic E-state index is 12.8. The Morgan fingerprint density at radius 2 is 0.889 bits per heavy atom. The molecule has 0 fully saturated rings. The molecule has 24 heteroatoms. The first-order valence-corrected chi connectivity index (χ1v) is 20.9. The van der Waals surface area contributed by atoms with Crippen molar-refractivity contribution in [1.29, 1.82) is 0 Å². The summed E-state index contributed by atoms with van der Waals surface area (Å²) in [6, 6.07) is 11.0. The van der Waals surface area contributed by atoms with E-state index < -0.39 is 92.5 Å². The van der Waals surface area contributed by atoms with Gasteiger partial charge in [0.25, 0.3) is 43.4 Å². The van der Waals surface area contributed by atoms with Crippen LogP contribution in [0, 0.1) is 20.2 Å². The standard InChI is InChI=1S/C30H24N4O16S4/c1-51(41,42)25-11-7-19(13-23(25)33(37)38)29(35)31-21-9-5-17(27(15-21)53(45,46)47)3-4-18-6-10-22(16-28(18)54(48,49)50)32-30(36)20-8-12-26(52(2,43)44)24(14-20)34(39)40/h3-16H,1-2H3,(H,31,35)(H,32,36)(H,45,46,47)(H,48,49,50)/b4-3+. The van der Waals surface area contributed by atoms with E-state index in [4.69, 9.17) is 0 Å². The van der Waals surface area contributed by atoms with Crippen molar-refractivity contribution in [2.24, 2.45) is 0 Å². The van der Waals surface area contributed by atoms with E-state index in [2.05, 4.69) is 10.6 Å². The van der Waals surface area contributed by atoms with E-state index in [1.165, 1.54) is 0 Å². The Labute approximate surface area is 305 Å². The molecule has 284 valence electrons. The third-order valence-corrected chi connectivity index (χ3v) is 11.3. The quantitative estimate of drug-likeness (QED) is 0.0687. The van der Waals surface area contributed by atoms with E-state index in [-0.39, 0.29) is 33.6 Å². The van der Waals surface area contributed by atoms with Crippen LogP contribution in [0.4, 0.5) is 22.7 Å². The molecule has 4 N–H and O–H groups in total. The molecule has 0 aliphatic heterocycles. The summed E-state index contributed by atoms with van der Waals surface area (Å²) in [5, 5.41) is 27.4. The SMILES string of the molecule is CS(=O)(=O)c1ccc(C(=O)Nc2ccc(/C=C/c3ccc(NC(=O)c4ccc(S(C)(=O)=O)c([N+](=O)[O-])c4)cc3S(=O)(=O)O)c(S(=O)(=O)O)c2)cc1[N+](=O)[O-]. The van der Waals surface area contributed by atoms with Crippen LogP contribution in [0.2, 0.25) is 0 Å². The Morgan fingerprint density at radius 3 is 1.17 bits per heavy atom. The first kappa shape index (κ1) is 40.8. The molecule has 4 aromatic carbocycles. The van der Waals surface area contributed by atoms with Crippen molar-refractivity contribution in [1.82, 2.24) is 0 Å². The monoisotopic (exact) mass is 824 g/mol. The van der Waals surface area contributed by atoms with E-state index in [0.717, 1.165) is 85.3 Å². The Kier molecular flexibility index (Phi) is 11.2. The number of rotatable bonds is 12. The number of anilines is 2. The van der Waals surface area contributed by atoms with Crippen LogP contribution in [0.3, 0.4) is 0 Å². The van der Waals surface area contributed by atoms with Crippen LogP contribution in [0.25, 0.3) is 12.2 Å². The topological polar surface area (TPSA) is 321 Å². The highest BCUT2D eigenvalue weighted by molar-refractivity contribution is 7.91. The Hall–Kier alpha value is -5.92. The lowest BCUT2D eigenvalue weighted by Crippen LogP contribution is -2.14. The van der Waals surface area contributed by atoms with Gasteiger partial charge in [0.05, 0.1) is 9.85 Å². The molecule has 0 unspecified atom stereocenters. The first-order valence-electron chi connectivity index (χ1n) is 14.3. The van der Waals surface area contributed by atoms with Gasteiger partial charge in [0.1, 0.15) is 19.6 Å². The minimum absolute atomic E-state index is 0.255. The van der Waals surface area contributed by atoms with Crippen molar-refractivity contribution in [3.63, 3.8) is 0 Å². The van der Waals surface area contributed by atoms with E-state index in [9.17, 15) is 72.6 Å². The molecule has 0 saturated carbocycles. The Balaban J connectivity index is 1.65. The number of carbonyl (C=O) groups is 2. The van der Waals surface area contributed by atoms with E-state index in [0.29, 0.717) is 12.1 Å². The fourth-order valence-electron chi connectivity index (χ4n) is 4.76. The number of nitro benzene ring substituents is 2. The van der Waals surface area contributed by atoms with Crippen LogP contribution in [0.5, 0.6) is 0 Å². The summed E-state index contributed by atoms with van der Waals surface area (Å²) >= 11 is 0. The summed E-state index contributed by atoms with van der Waals surface area (Å²) < 4.78 is 116. The third-order valence-electron chi connectivity index (χ3n) is 7.18. The van der Waals surface area contributed by atoms with Gasteiger partial charge in [0.15, 0.2) is 19.7 Å². The molecule has 0 radical (unpaired) electrons. The Bertz CT molecular complexity index is 2580. The average Bonchev–Trinajstić information content (AvgIpc) is 3.05. The minimum atomic E-state index is -5.05. The lowest BCUT2D eigenvalue weighted by molar-refractivity contribution is -0.388. The molecule has 4 rings (SSSR count). The predicted octanol–water partition coefficient (Wildman–Crippen LogP) is 3.48. The molecule has 0 atom stereocenters. The normalized spacial score (nSPS) is 12.3. The van der Waals surface area contributed by atoms with E-state index in [1.807, 2.05) is 0 Å². The van der Waals surface area contributed by atoms with Crippen molar-refractivity contribution in [2.45, 2.75) is 19.6 Å². The highest BCUT2D eigenvalue weighted by Gasteiger charge is 2.26. The summed E-state index contributed by atoms with van der Waals surface area (Å²) in [6.45, 7) is 0. The van der Waals surface area contributed by atoms with Crippen molar-refractivity contribution < 1.29 is 62.2 Å². The molecule has 2 amide bonds. The number of nitro groups is 2. The fourth-order valence-corrected chi connectivity index (χ4v) is 7.84. The van der Waals surface area contributed by atoms with Gasteiger partial charge in [-0.25, -0.2) is 16.8 Å². The van der Waals surface area contributed by atoms with Gasteiger partial charge in [0.2, 0.25) is 0 Å². The van der Waals surface area contributed by atoms with Crippen molar-refractivity contribution >= 4 is 86.6 Å². The van der Waals surface area contributed by atoms with E-state index in [1.54, 1.807) is 0 Å². The number of sulfone groups is 2. The first-order chi connectivity index (χ1) is 24.8. The van der Waals surface area contributed by atoms with E-state index >= 15 is 0 Å². The van der Waals surface area contributed by atoms with Gasteiger partial charge in [-0.2, -0.15) is 16.8 Å². The van der Waals surface area contributed by atoms with Crippen LogP contribution in [-0.2, 0) is 39.9 Å². The number of nitrogens with zero attached hydrogens (tertiary/aromatic N) is 2. The van der Waals surface area contributed by atoms with Gasteiger partial charge in [-0.05, 0) is 59.7 Å². The molecular formula is C30H24N4O16S4. The lowest BCUT2D eigenvalue weighted by atomic mass is 10.1. The number of hydrogen-bond donors (Lipinski definition) is 4.